The molecule has 0 saturated heterocycles. The van der Waals surface area contributed by atoms with Crippen LogP contribution in [0, 0.1) is 5.82 Å². The minimum absolute atomic E-state index is 0.0163. The number of carbonyl (C=O) groups is 1. The minimum atomic E-state index is -0.308. The smallest absolute Gasteiger partial charge is 0.227 e. The van der Waals surface area contributed by atoms with E-state index in [0.29, 0.717) is 37.4 Å². The van der Waals surface area contributed by atoms with Crippen LogP contribution in [0.15, 0.2) is 22.7 Å². The van der Waals surface area contributed by atoms with E-state index in [-0.39, 0.29) is 11.7 Å². The fraction of sp³-hybridized carbons (Fsp3) is 0.471. The first kappa shape index (κ1) is 15.6. The Balaban J connectivity index is 1.53. The van der Waals surface area contributed by atoms with Crippen molar-refractivity contribution in [2.24, 2.45) is 0 Å². The molecule has 23 heavy (non-hydrogen) atoms. The Hall–Kier alpha value is -2.24. The minimum Gasteiger partial charge on any atom is -0.339 e. The second kappa shape index (κ2) is 6.89. The van der Waals surface area contributed by atoms with Crippen molar-refractivity contribution in [1.82, 2.24) is 10.1 Å². The lowest BCUT2D eigenvalue weighted by Crippen LogP contribution is -2.28. The lowest BCUT2D eigenvalue weighted by molar-refractivity contribution is -0.118. The van der Waals surface area contributed by atoms with Gasteiger partial charge in [0.1, 0.15) is 5.82 Å². The normalized spacial score (nSPS) is 13.4. The van der Waals surface area contributed by atoms with Crippen LogP contribution in [0.2, 0.25) is 0 Å². The van der Waals surface area contributed by atoms with E-state index in [1.807, 2.05) is 0 Å². The zero-order valence-corrected chi connectivity index (χ0v) is 13.2. The largest absolute Gasteiger partial charge is 0.339 e. The first-order valence-electron chi connectivity index (χ1n) is 8.07. The summed E-state index contributed by atoms with van der Waals surface area (Å²) in [5.41, 5.74) is 1.74. The summed E-state index contributed by atoms with van der Waals surface area (Å²) >= 11 is 0. The standard InChI is InChI=1S/C17H20FN3O2/c1-2-4-15-19-16(23-20-15)5-3-6-17(22)21-10-9-12-7-8-13(18)11-14(12)21/h7-8,11H,2-6,9-10H2,1H3. The maximum atomic E-state index is 13.4. The number of aryl methyl sites for hydroxylation is 2. The second-order valence-corrected chi connectivity index (χ2v) is 5.78. The first-order chi connectivity index (χ1) is 11.2. The van der Waals surface area contributed by atoms with Crippen LogP contribution >= 0.6 is 0 Å². The molecule has 3 rings (SSSR count). The molecular weight excluding hydrogens is 297 g/mol. The molecule has 6 heteroatoms. The molecule has 122 valence electrons. The van der Waals surface area contributed by atoms with Gasteiger partial charge in [0.15, 0.2) is 5.82 Å². The topological polar surface area (TPSA) is 59.2 Å². The van der Waals surface area contributed by atoms with E-state index < -0.39 is 0 Å². The van der Waals surface area contributed by atoms with Crippen LogP contribution in [-0.4, -0.2) is 22.6 Å². The molecule has 0 aliphatic carbocycles. The molecule has 2 aromatic rings. The number of nitrogens with zero attached hydrogens (tertiary/aromatic N) is 3. The summed E-state index contributed by atoms with van der Waals surface area (Å²) in [5, 5.41) is 3.90. The number of anilines is 1. The van der Waals surface area contributed by atoms with Crippen molar-refractivity contribution in [1.29, 1.82) is 0 Å². The quantitative estimate of drug-likeness (QED) is 0.821. The molecule has 1 aromatic heterocycles. The highest BCUT2D eigenvalue weighted by atomic mass is 19.1. The number of rotatable bonds is 6. The van der Waals surface area contributed by atoms with Gasteiger partial charge in [0.25, 0.3) is 0 Å². The highest BCUT2D eigenvalue weighted by Gasteiger charge is 2.24. The summed E-state index contributed by atoms with van der Waals surface area (Å²) in [6, 6.07) is 4.64. The van der Waals surface area contributed by atoms with E-state index in [0.717, 1.165) is 30.7 Å². The van der Waals surface area contributed by atoms with E-state index in [2.05, 4.69) is 17.1 Å². The van der Waals surface area contributed by atoms with Crippen LogP contribution in [0.4, 0.5) is 10.1 Å². The van der Waals surface area contributed by atoms with Gasteiger partial charge in [0.2, 0.25) is 11.8 Å². The number of amides is 1. The molecule has 0 spiro atoms. The Morgan fingerprint density at radius 2 is 2.26 bits per heavy atom. The monoisotopic (exact) mass is 317 g/mol. The number of hydrogen-bond acceptors (Lipinski definition) is 4. The van der Waals surface area contributed by atoms with Gasteiger partial charge in [-0.15, -0.1) is 0 Å². The molecule has 0 N–H and O–H groups in total. The molecular formula is C17H20FN3O2. The molecule has 0 unspecified atom stereocenters. The van der Waals surface area contributed by atoms with Crippen molar-refractivity contribution in [3.8, 4) is 0 Å². The van der Waals surface area contributed by atoms with Crippen molar-refractivity contribution < 1.29 is 13.7 Å². The fourth-order valence-corrected chi connectivity index (χ4v) is 2.85. The maximum absolute atomic E-state index is 13.4. The Kier molecular flexibility index (Phi) is 4.69. The van der Waals surface area contributed by atoms with Gasteiger partial charge in [0.05, 0.1) is 0 Å². The van der Waals surface area contributed by atoms with E-state index in [4.69, 9.17) is 4.52 Å². The molecule has 0 radical (unpaired) electrons. The second-order valence-electron chi connectivity index (χ2n) is 5.78. The van der Waals surface area contributed by atoms with E-state index >= 15 is 0 Å². The molecule has 1 aliphatic rings. The van der Waals surface area contributed by atoms with Crippen LogP contribution in [0.5, 0.6) is 0 Å². The lowest BCUT2D eigenvalue weighted by Gasteiger charge is -2.17. The van der Waals surface area contributed by atoms with Crippen LogP contribution in [0.1, 0.15) is 43.5 Å². The Morgan fingerprint density at radius 3 is 3.09 bits per heavy atom. The van der Waals surface area contributed by atoms with Gasteiger partial charge in [-0.3, -0.25) is 4.79 Å². The van der Waals surface area contributed by atoms with Crippen LogP contribution in [-0.2, 0) is 24.1 Å². The Labute approximate surface area is 134 Å². The number of hydrogen-bond donors (Lipinski definition) is 0. The highest BCUT2D eigenvalue weighted by molar-refractivity contribution is 5.95. The summed E-state index contributed by atoms with van der Waals surface area (Å²) in [6.45, 7) is 2.68. The molecule has 1 amide bonds. The third kappa shape index (κ3) is 3.57. The van der Waals surface area contributed by atoms with Gasteiger partial charge >= 0.3 is 0 Å². The summed E-state index contributed by atoms with van der Waals surface area (Å²) in [4.78, 5) is 18.3. The van der Waals surface area contributed by atoms with Crippen molar-refractivity contribution >= 4 is 11.6 Å². The summed E-state index contributed by atoms with van der Waals surface area (Å²) in [6.07, 6.45) is 4.19. The van der Waals surface area contributed by atoms with E-state index in [1.165, 1.54) is 12.1 Å². The maximum Gasteiger partial charge on any atom is 0.227 e. The van der Waals surface area contributed by atoms with Crippen molar-refractivity contribution in [2.45, 2.75) is 45.4 Å². The van der Waals surface area contributed by atoms with Gasteiger partial charge in [-0.2, -0.15) is 4.98 Å². The van der Waals surface area contributed by atoms with Crippen molar-refractivity contribution in [3.05, 3.63) is 41.3 Å². The van der Waals surface area contributed by atoms with Crippen molar-refractivity contribution in [3.63, 3.8) is 0 Å². The molecule has 2 heterocycles. The summed E-state index contributed by atoms with van der Waals surface area (Å²) < 4.78 is 18.5. The zero-order chi connectivity index (χ0) is 16.2. The number of carbonyl (C=O) groups excluding carboxylic acids is 1. The SMILES string of the molecule is CCCc1noc(CCCC(=O)N2CCc3ccc(F)cc32)n1. The Bertz CT molecular complexity index is 699. The molecule has 0 bridgehead atoms. The zero-order valence-electron chi connectivity index (χ0n) is 13.2. The predicted octanol–water partition coefficient (Wildman–Crippen LogP) is 3.07. The molecule has 1 aromatic carbocycles. The van der Waals surface area contributed by atoms with Crippen LogP contribution in [0.25, 0.3) is 0 Å². The summed E-state index contributed by atoms with van der Waals surface area (Å²) in [5.74, 6) is 1.01. The van der Waals surface area contributed by atoms with E-state index in [9.17, 15) is 9.18 Å². The molecule has 1 aliphatic heterocycles. The van der Waals surface area contributed by atoms with Gasteiger partial charge in [-0.25, -0.2) is 4.39 Å². The third-order valence-electron chi connectivity index (χ3n) is 4.01. The molecule has 0 saturated carbocycles. The summed E-state index contributed by atoms with van der Waals surface area (Å²) in [7, 11) is 0. The number of aromatic nitrogens is 2. The van der Waals surface area contributed by atoms with E-state index in [1.54, 1.807) is 11.0 Å². The van der Waals surface area contributed by atoms with Crippen LogP contribution < -0.4 is 4.90 Å². The van der Waals surface area contributed by atoms with Gasteiger partial charge in [0, 0.05) is 31.5 Å². The third-order valence-corrected chi connectivity index (χ3v) is 4.01. The molecule has 5 nitrogen and oxygen atoms in total. The average molecular weight is 317 g/mol. The van der Waals surface area contributed by atoms with Crippen molar-refractivity contribution in [2.75, 3.05) is 11.4 Å². The van der Waals surface area contributed by atoms with Gasteiger partial charge in [-0.1, -0.05) is 18.1 Å². The Morgan fingerprint density at radius 1 is 1.39 bits per heavy atom. The average Bonchev–Trinajstić information content (AvgIpc) is 3.14. The van der Waals surface area contributed by atoms with Crippen LogP contribution in [0.3, 0.4) is 0 Å². The van der Waals surface area contributed by atoms with Gasteiger partial charge in [-0.05, 0) is 37.0 Å². The molecule has 0 atom stereocenters. The fourth-order valence-electron chi connectivity index (χ4n) is 2.85. The number of halogens is 1. The lowest BCUT2D eigenvalue weighted by atomic mass is 10.1. The number of benzene rings is 1. The number of fused-ring (bicyclic) bond motifs is 1. The van der Waals surface area contributed by atoms with Gasteiger partial charge < -0.3 is 9.42 Å². The predicted molar refractivity (Wildman–Crippen MR) is 83.7 cm³/mol. The highest BCUT2D eigenvalue weighted by Crippen LogP contribution is 2.29. The first-order valence-corrected chi connectivity index (χ1v) is 8.07. The molecule has 0 fully saturated rings.